The van der Waals surface area contributed by atoms with Gasteiger partial charge in [-0.3, -0.25) is 9.79 Å². The lowest BCUT2D eigenvalue weighted by Gasteiger charge is -2.09. The molecule has 0 saturated heterocycles. The van der Waals surface area contributed by atoms with Crippen LogP contribution in [0.5, 0.6) is 0 Å². The van der Waals surface area contributed by atoms with Gasteiger partial charge in [0.2, 0.25) is 0 Å². The van der Waals surface area contributed by atoms with Crippen molar-refractivity contribution in [3.05, 3.63) is 57.8 Å². The molecule has 1 heterocycles. The van der Waals surface area contributed by atoms with Gasteiger partial charge in [-0.25, -0.2) is 9.37 Å². The van der Waals surface area contributed by atoms with Crippen LogP contribution in [0.25, 0.3) is 10.6 Å². The van der Waals surface area contributed by atoms with Gasteiger partial charge in [0, 0.05) is 31.7 Å². The number of aliphatic imine (C=N–C) groups is 1. The monoisotopic (exact) mass is 528 g/mol. The van der Waals surface area contributed by atoms with E-state index in [9.17, 15) is 22.4 Å². The molecule has 2 aromatic carbocycles. The molecular formula is C23H20F4N2O2S3. The van der Waals surface area contributed by atoms with Gasteiger partial charge in [-0.1, -0.05) is 6.07 Å². The smallest absolute Gasteiger partial charge is 0.419 e. The molecule has 0 aliphatic heterocycles. The maximum absolute atomic E-state index is 14.0. The van der Waals surface area contributed by atoms with Gasteiger partial charge in [-0.2, -0.15) is 13.2 Å². The van der Waals surface area contributed by atoms with E-state index in [4.69, 9.17) is 5.11 Å². The van der Waals surface area contributed by atoms with Crippen molar-refractivity contribution in [2.24, 2.45) is 4.99 Å². The van der Waals surface area contributed by atoms with E-state index >= 15 is 0 Å². The van der Waals surface area contributed by atoms with Gasteiger partial charge in [0.05, 0.1) is 23.4 Å². The summed E-state index contributed by atoms with van der Waals surface area (Å²) >= 11 is 7.26. The molecule has 0 aliphatic rings. The highest BCUT2D eigenvalue weighted by atomic mass is 32.2. The summed E-state index contributed by atoms with van der Waals surface area (Å²) in [7, 11) is 0. The molecule has 0 radical (unpaired) electrons. The Morgan fingerprint density at radius 2 is 1.94 bits per heavy atom. The van der Waals surface area contributed by atoms with Gasteiger partial charge in [0.1, 0.15) is 10.8 Å². The summed E-state index contributed by atoms with van der Waals surface area (Å²) in [4.78, 5) is 22.1. The molecule has 0 unspecified atom stereocenters. The number of carboxylic acid groups (broad SMARTS) is 1. The minimum Gasteiger partial charge on any atom is -0.481 e. The quantitative estimate of drug-likeness (QED) is 0.143. The Morgan fingerprint density at radius 3 is 2.56 bits per heavy atom. The Morgan fingerprint density at radius 1 is 1.24 bits per heavy atom. The Hall–Kier alpha value is -2.37. The summed E-state index contributed by atoms with van der Waals surface area (Å²) in [5.74, 6) is -1.76. The second-order valence-corrected chi connectivity index (χ2v) is 10.1. The highest BCUT2D eigenvalue weighted by Crippen LogP contribution is 2.38. The molecule has 34 heavy (non-hydrogen) atoms. The van der Waals surface area contributed by atoms with Crippen molar-refractivity contribution in [3.63, 3.8) is 0 Å². The number of aryl methyl sites for hydroxylation is 2. The van der Waals surface area contributed by atoms with Crippen LogP contribution in [0.2, 0.25) is 0 Å². The number of hydrogen-bond donors (Lipinski definition) is 2. The van der Waals surface area contributed by atoms with Crippen molar-refractivity contribution in [1.82, 2.24) is 4.98 Å². The van der Waals surface area contributed by atoms with Crippen LogP contribution in [0.15, 0.2) is 45.1 Å². The third-order valence-corrected chi connectivity index (χ3v) is 7.69. The molecule has 0 spiro atoms. The number of thiazole rings is 1. The molecule has 4 nitrogen and oxygen atoms in total. The number of alkyl halides is 3. The number of halogens is 4. The number of aromatic nitrogens is 1. The normalized spacial score (nSPS) is 12.3. The van der Waals surface area contributed by atoms with Gasteiger partial charge < -0.3 is 5.11 Å². The van der Waals surface area contributed by atoms with Crippen LogP contribution < -0.4 is 0 Å². The largest absolute Gasteiger partial charge is 0.481 e. The number of nitrogens with zero attached hydrogens (tertiary/aromatic N) is 2. The highest BCUT2D eigenvalue weighted by Gasteiger charge is 2.34. The molecule has 180 valence electrons. The molecule has 1 aromatic heterocycles. The average Bonchev–Trinajstić information content (AvgIpc) is 3.08. The van der Waals surface area contributed by atoms with Crippen molar-refractivity contribution in [2.75, 3.05) is 0 Å². The molecule has 3 rings (SSSR count). The van der Waals surface area contributed by atoms with E-state index in [0.717, 1.165) is 27.5 Å². The molecule has 11 heteroatoms. The maximum Gasteiger partial charge on any atom is 0.419 e. The topological polar surface area (TPSA) is 62.5 Å². The first-order valence-corrected chi connectivity index (χ1v) is 12.2. The van der Waals surface area contributed by atoms with Crippen molar-refractivity contribution < 1.29 is 27.5 Å². The third-order valence-electron chi connectivity index (χ3n) is 4.76. The van der Waals surface area contributed by atoms with E-state index in [1.165, 1.54) is 29.2 Å². The molecule has 0 aliphatic carbocycles. The van der Waals surface area contributed by atoms with Crippen molar-refractivity contribution in [1.29, 1.82) is 0 Å². The van der Waals surface area contributed by atoms with Gasteiger partial charge in [0.25, 0.3) is 0 Å². The fraction of sp³-hybridized carbons (Fsp3) is 0.261. The Labute approximate surface area is 207 Å². The minimum atomic E-state index is -4.75. The summed E-state index contributed by atoms with van der Waals surface area (Å²) in [5, 5.41) is 9.38. The summed E-state index contributed by atoms with van der Waals surface area (Å²) in [5.41, 5.74) is 1.69. The second-order valence-electron chi connectivity index (χ2n) is 7.53. The molecule has 0 fully saturated rings. The number of benzene rings is 2. The fourth-order valence-corrected chi connectivity index (χ4v) is 5.63. The lowest BCUT2D eigenvalue weighted by molar-refractivity contribution is -0.140. The Kier molecular flexibility index (Phi) is 8.10. The van der Waals surface area contributed by atoms with E-state index in [1.807, 2.05) is 19.1 Å². The SMILES string of the molecule is CC(CC(=O)O)=Nc1cc(SCc2sc(-c3ccc(C(F)(F)F)c(F)c3)nc2C)c(C)cc1S. The van der Waals surface area contributed by atoms with Gasteiger partial charge in [-0.15, -0.1) is 35.7 Å². The Balaban J connectivity index is 1.82. The zero-order valence-electron chi connectivity index (χ0n) is 18.3. The van der Waals surface area contributed by atoms with Crippen molar-refractivity contribution in [3.8, 4) is 10.6 Å². The number of hydrogen-bond acceptors (Lipinski definition) is 6. The zero-order valence-corrected chi connectivity index (χ0v) is 20.9. The molecule has 0 saturated carbocycles. The van der Waals surface area contributed by atoms with Crippen LogP contribution in [-0.4, -0.2) is 21.8 Å². The van der Waals surface area contributed by atoms with Crippen molar-refractivity contribution >= 4 is 53.1 Å². The molecule has 0 atom stereocenters. The van der Waals surface area contributed by atoms with E-state index in [1.54, 1.807) is 13.8 Å². The van der Waals surface area contributed by atoms with E-state index in [2.05, 4.69) is 22.6 Å². The van der Waals surface area contributed by atoms with Crippen LogP contribution in [0.3, 0.4) is 0 Å². The molecule has 0 amide bonds. The minimum absolute atomic E-state index is 0.170. The van der Waals surface area contributed by atoms with Crippen LogP contribution in [0.1, 0.15) is 35.0 Å². The standard InChI is InChI=1S/C23H20F4N2O2S3/c1-11-6-18(32)17(28-12(2)7-21(30)31)9-19(11)33-10-20-13(3)29-22(34-20)14-4-5-15(16(24)8-14)23(25,26)27/h4-6,8-9,32H,7,10H2,1-3H3,(H,30,31). The van der Waals surface area contributed by atoms with E-state index in [-0.39, 0.29) is 12.0 Å². The van der Waals surface area contributed by atoms with Crippen LogP contribution in [0, 0.1) is 19.7 Å². The molecule has 0 bridgehead atoms. The third kappa shape index (κ3) is 6.39. The Bertz CT molecular complexity index is 1270. The lowest BCUT2D eigenvalue weighted by Crippen LogP contribution is -2.07. The number of carbonyl (C=O) groups is 1. The summed E-state index contributed by atoms with van der Waals surface area (Å²) in [6, 6.07) is 6.51. The first-order valence-electron chi connectivity index (χ1n) is 9.91. The van der Waals surface area contributed by atoms with E-state index in [0.29, 0.717) is 32.7 Å². The van der Waals surface area contributed by atoms with Gasteiger partial charge in [-0.05, 0) is 50.6 Å². The molecule has 1 N–H and O–H groups in total. The van der Waals surface area contributed by atoms with Crippen LogP contribution in [0.4, 0.5) is 23.2 Å². The summed E-state index contributed by atoms with van der Waals surface area (Å²) in [6.45, 7) is 5.36. The predicted octanol–water partition coefficient (Wildman–Crippen LogP) is 7.73. The lowest BCUT2D eigenvalue weighted by atomic mass is 10.1. The number of rotatable bonds is 7. The highest BCUT2D eigenvalue weighted by molar-refractivity contribution is 7.98. The predicted molar refractivity (Wildman–Crippen MR) is 130 cm³/mol. The maximum atomic E-state index is 14.0. The first kappa shape index (κ1) is 26.2. The van der Waals surface area contributed by atoms with E-state index < -0.39 is 23.5 Å². The zero-order chi connectivity index (χ0) is 25.2. The number of thioether (sulfide) groups is 1. The number of carboxylic acids is 1. The first-order chi connectivity index (χ1) is 15.8. The van der Waals surface area contributed by atoms with Crippen molar-refractivity contribution in [2.45, 2.75) is 48.9 Å². The molecule has 3 aromatic rings. The number of aliphatic carboxylic acids is 1. The van der Waals surface area contributed by atoms with Crippen LogP contribution >= 0.6 is 35.7 Å². The fourth-order valence-electron chi connectivity index (χ4n) is 3.08. The number of thiol groups is 1. The second kappa shape index (κ2) is 10.5. The van der Waals surface area contributed by atoms with Crippen LogP contribution in [-0.2, 0) is 16.7 Å². The average molecular weight is 529 g/mol. The summed E-state index contributed by atoms with van der Waals surface area (Å²) < 4.78 is 52.5. The van der Waals surface area contributed by atoms with Gasteiger partial charge in [0.15, 0.2) is 0 Å². The summed E-state index contributed by atoms with van der Waals surface area (Å²) in [6.07, 6.45) is -4.92. The van der Waals surface area contributed by atoms with Gasteiger partial charge >= 0.3 is 12.1 Å². The molecular weight excluding hydrogens is 508 g/mol.